The fraction of sp³-hybridized carbons (Fsp3) is 0.533. The lowest BCUT2D eigenvalue weighted by molar-refractivity contribution is -0.116. The minimum atomic E-state index is 0.0465. The molecule has 0 unspecified atom stereocenters. The average Bonchev–Trinajstić information content (AvgIpc) is 2.18. The maximum absolute atomic E-state index is 11.2. The van der Waals surface area contributed by atoms with Crippen LogP contribution in [0.2, 0.25) is 0 Å². The zero-order valence-electron chi connectivity index (χ0n) is 11.7. The number of ketones is 1. The van der Waals surface area contributed by atoms with Gasteiger partial charge in [-0.15, -0.1) is 0 Å². The summed E-state index contributed by atoms with van der Waals surface area (Å²) >= 11 is 0. The van der Waals surface area contributed by atoms with E-state index in [4.69, 9.17) is 4.74 Å². The number of hydrogen-bond donors (Lipinski definition) is 0. The Morgan fingerprint density at radius 1 is 1.29 bits per heavy atom. The van der Waals surface area contributed by atoms with Gasteiger partial charge >= 0.3 is 0 Å². The molecule has 0 radical (unpaired) electrons. The van der Waals surface area contributed by atoms with Gasteiger partial charge in [0.1, 0.15) is 11.5 Å². The third-order valence-corrected chi connectivity index (χ3v) is 2.91. The second-order valence-electron chi connectivity index (χ2n) is 5.61. The fourth-order valence-corrected chi connectivity index (χ4v) is 1.94. The summed E-state index contributed by atoms with van der Waals surface area (Å²) in [6.45, 7) is 10.1. The Balaban J connectivity index is 3.29. The highest BCUT2D eigenvalue weighted by atomic mass is 16.5. The molecule has 17 heavy (non-hydrogen) atoms. The standard InChI is InChI=1S/C15H22O2/c1-10-7-13(15(3,4)5)14(17-6)9-12(10)8-11(2)16/h7,9H,8H2,1-6H3. The molecular weight excluding hydrogens is 212 g/mol. The average molecular weight is 234 g/mol. The van der Waals surface area contributed by atoms with E-state index in [2.05, 4.69) is 26.8 Å². The summed E-state index contributed by atoms with van der Waals surface area (Å²) in [5, 5.41) is 0. The number of rotatable bonds is 3. The van der Waals surface area contributed by atoms with E-state index in [1.165, 1.54) is 5.56 Å². The largest absolute Gasteiger partial charge is 0.496 e. The second-order valence-corrected chi connectivity index (χ2v) is 5.61. The van der Waals surface area contributed by atoms with Gasteiger partial charge < -0.3 is 4.74 Å². The predicted molar refractivity (Wildman–Crippen MR) is 70.8 cm³/mol. The molecule has 0 spiro atoms. The quantitative estimate of drug-likeness (QED) is 0.801. The first-order valence-corrected chi connectivity index (χ1v) is 5.93. The monoisotopic (exact) mass is 234 g/mol. The first-order valence-electron chi connectivity index (χ1n) is 5.93. The molecule has 2 heteroatoms. The van der Waals surface area contributed by atoms with E-state index in [1.807, 2.05) is 13.0 Å². The molecule has 1 rings (SSSR count). The van der Waals surface area contributed by atoms with Gasteiger partial charge in [-0.25, -0.2) is 0 Å². The van der Waals surface area contributed by atoms with Crippen molar-refractivity contribution in [3.8, 4) is 5.75 Å². The van der Waals surface area contributed by atoms with E-state index in [-0.39, 0.29) is 11.2 Å². The Kier molecular flexibility index (Phi) is 3.97. The molecule has 1 aromatic rings. The Morgan fingerprint density at radius 3 is 2.29 bits per heavy atom. The van der Waals surface area contributed by atoms with Crippen LogP contribution in [-0.2, 0) is 16.6 Å². The molecule has 0 heterocycles. The molecule has 0 N–H and O–H groups in total. The molecule has 94 valence electrons. The first-order chi connectivity index (χ1) is 7.75. The third kappa shape index (κ3) is 3.32. The maximum Gasteiger partial charge on any atom is 0.134 e. The van der Waals surface area contributed by atoms with Crippen molar-refractivity contribution in [3.05, 3.63) is 28.8 Å². The van der Waals surface area contributed by atoms with E-state index in [0.717, 1.165) is 16.9 Å². The summed E-state index contributed by atoms with van der Waals surface area (Å²) in [4.78, 5) is 11.2. The Bertz CT molecular complexity index is 425. The van der Waals surface area contributed by atoms with Crippen LogP contribution < -0.4 is 4.74 Å². The molecule has 0 saturated heterocycles. The topological polar surface area (TPSA) is 26.3 Å². The summed E-state index contributed by atoms with van der Waals surface area (Å²) in [6.07, 6.45) is 0.479. The molecule has 2 nitrogen and oxygen atoms in total. The normalized spacial score (nSPS) is 11.4. The molecule has 0 aliphatic rings. The van der Waals surface area contributed by atoms with E-state index >= 15 is 0 Å². The highest BCUT2D eigenvalue weighted by Gasteiger charge is 2.20. The zero-order chi connectivity index (χ0) is 13.2. The van der Waals surface area contributed by atoms with Gasteiger partial charge in [0.05, 0.1) is 7.11 Å². The van der Waals surface area contributed by atoms with E-state index in [1.54, 1.807) is 14.0 Å². The summed E-state index contributed by atoms with van der Waals surface area (Å²) in [6, 6.07) is 4.13. The lowest BCUT2D eigenvalue weighted by atomic mass is 9.84. The Morgan fingerprint density at radius 2 is 1.88 bits per heavy atom. The molecule has 0 bridgehead atoms. The zero-order valence-corrected chi connectivity index (χ0v) is 11.7. The smallest absolute Gasteiger partial charge is 0.134 e. The number of Topliss-reactive ketones (excluding diaryl/α,β-unsaturated/α-hetero) is 1. The van der Waals surface area contributed by atoms with Crippen LogP contribution in [0, 0.1) is 6.92 Å². The number of hydrogen-bond acceptors (Lipinski definition) is 2. The Labute approximate surface area is 104 Å². The van der Waals surface area contributed by atoms with Gasteiger partial charge in [0.15, 0.2) is 0 Å². The third-order valence-electron chi connectivity index (χ3n) is 2.91. The van der Waals surface area contributed by atoms with Gasteiger partial charge in [-0.2, -0.15) is 0 Å². The van der Waals surface area contributed by atoms with Crippen molar-refractivity contribution in [2.24, 2.45) is 0 Å². The van der Waals surface area contributed by atoms with Crippen molar-refractivity contribution in [1.82, 2.24) is 0 Å². The van der Waals surface area contributed by atoms with Gasteiger partial charge in [-0.05, 0) is 42.0 Å². The van der Waals surface area contributed by atoms with Crippen LogP contribution in [-0.4, -0.2) is 12.9 Å². The van der Waals surface area contributed by atoms with Crippen LogP contribution in [0.1, 0.15) is 44.4 Å². The number of carbonyl (C=O) groups excluding carboxylic acids is 1. The predicted octanol–water partition coefficient (Wildman–Crippen LogP) is 3.43. The summed E-state index contributed by atoms with van der Waals surface area (Å²) in [5.74, 6) is 1.05. The number of ether oxygens (including phenoxy) is 1. The first kappa shape index (κ1) is 13.8. The highest BCUT2D eigenvalue weighted by Crippen LogP contribution is 2.33. The molecule has 0 aliphatic carbocycles. The number of aryl methyl sites for hydroxylation is 1. The minimum absolute atomic E-state index is 0.0465. The number of carbonyl (C=O) groups is 1. The Hall–Kier alpha value is -1.31. The van der Waals surface area contributed by atoms with Crippen molar-refractivity contribution >= 4 is 5.78 Å². The summed E-state index contributed by atoms with van der Waals surface area (Å²) < 4.78 is 5.44. The molecule has 0 fully saturated rings. The maximum atomic E-state index is 11.2. The lowest BCUT2D eigenvalue weighted by Crippen LogP contribution is -2.14. The summed E-state index contributed by atoms with van der Waals surface area (Å²) in [7, 11) is 1.68. The molecule has 0 aromatic heterocycles. The van der Waals surface area contributed by atoms with Crippen molar-refractivity contribution in [2.75, 3.05) is 7.11 Å². The van der Waals surface area contributed by atoms with Crippen LogP contribution in [0.3, 0.4) is 0 Å². The number of benzene rings is 1. The molecular formula is C15H22O2. The summed E-state index contributed by atoms with van der Waals surface area (Å²) in [5.41, 5.74) is 3.45. The van der Waals surface area contributed by atoms with Crippen molar-refractivity contribution in [3.63, 3.8) is 0 Å². The molecule has 0 saturated carbocycles. The van der Waals surface area contributed by atoms with Crippen molar-refractivity contribution in [2.45, 2.75) is 46.5 Å². The molecule has 0 aliphatic heterocycles. The van der Waals surface area contributed by atoms with Gasteiger partial charge in [0, 0.05) is 6.42 Å². The van der Waals surface area contributed by atoms with Crippen LogP contribution in [0.15, 0.2) is 12.1 Å². The van der Waals surface area contributed by atoms with E-state index in [9.17, 15) is 4.79 Å². The highest BCUT2D eigenvalue weighted by molar-refractivity contribution is 5.78. The van der Waals surface area contributed by atoms with Crippen LogP contribution in [0.4, 0.5) is 0 Å². The van der Waals surface area contributed by atoms with E-state index < -0.39 is 0 Å². The van der Waals surface area contributed by atoms with Gasteiger partial charge in [0.2, 0.25) is 0 Å². The van der Waals surface area contributed by atoms with Gasteiger partial charge in [-0.1, -0.05) is 26.8 Å². The molecule has 0 amide bonds. The van der Waals surface area contributed by atoms with E-state index in [0.29, 0.717) is 6.42 Å². The van der Waals surface area contributed by atoms with Crippen LogP contribution in [0.5, 0.6) is 5.75 Å². The second kappa shape index (κ2) is 4.91. The molecule has 1 aromatic carbocycles. The van der Waals surface area contributed by atoms with Crippen LogP contribution >= 0.6 is 0 Å². The minimum Gasteiger partial charge on any atom is -0.496 e. The van der Waals surface area contributed by atoms with Gasteiger partial charge in [0.25, 0.3) is 0 Å². The number of methoxy groups -OCH3 is 1. The van der Waals surface area contributed by atoms with Crippen LogP contribution in [0.25, 0.3) is 0 Å². The lowest BCUT2D eigenvalue weighted by Gasteiger charge is -2.23. The van der Waals surface area contributed by atoms with Crippen molar-refractivity contribution < 1.29 is 9.53 Å². The van der Waals surface area contributed by atoms with Crippen molar-refractivity contribution in [1.29, 1.82) is 0 Å². The SMILES string of the molecule is COc1cc(CC(C)=O)c(C)cc1C(C)(C)C. The van der Waals surface area contributed by atoms with Gasteiger partial charge in [-0.3, -0.25) is 4.79 Å². The molecule has 0 atom stereocenters. The fourth-order valence-electron chi connectivity index (χ4n) is 1.94.